The molecule has 0 heterocycles. The molecule has 0 amide bonds. The van der Waals surface area contributed by atoms with Gasteiger partial charge in [0.15, 0.2) is 6.10 Å². The first-order chi connectivity index (χ1) is 6.65. The van der Waals surface area contributed by atoms with Crippen molar-refractivity contribution in [3.63, 3.8) is 0 Å². The minimum atomic E-state index is -0.815. The van der Waals surface area contributed by atoms with Crippen LogP contribution < -0.4 is 0 Å². The zero-order chi connectivity index (χ0) is 11.0. The Balaban J connectivity index is 3.73. The van der Waals surface area contributed by atoms with Gasteiger partial charge in [0.05, 0.1) is 20.8 Å². The van der Waals surface area contributed by atoms with Gasteiger partial charge in [-0.1, -0.05) is 0 Å². The predicted octanol–water partition coefficient (Wildman–Crippen LogP) is -0.636. The van der Waals surface area contributed by atoms with E-state index >= 15 is 0 Å². The Hall–Kier alpha value is -1.14. The molecule has 0 rings (SSSR count). The summed E-state index contributed by atoms with van der Waals surface area (Å²) in [6, 6.07) is 0. The van der Waals surface area contributed by atoms with Crippen molar-refractivity contribution in [1.29, 1.82) is 0 Å². The predicted molar refractivity (Wildman–Crippen MR) is 45.6 cm³/mol. The largest absolute Gasteiger partial charge is 0.467 e. The van der Waals surface area contributed by atoms with Crippen LogP contribution in [0.1, 0.15) is 0 Å². The standard InChI is InChI=1S/C8H14O6/c1-11-6(8(10)13-3)4-14-5-7(9)12-2/h6H,4-5H2,1-3H3. The molecule has 0 fully saturated rings. The van der Waals surface area contributed by atoms with Crippen LogP contribution in [-0.2, 0) is 28.5 Å². The van der Waals surface area contributed by atoms with Crippen molar-refractivity contribution in [2.45, 2.75) is 6.10 Å². The molecule has 0 saturated carbocycles. The molecule has 6 nitrogen and oxygen atoms in total. The molecule has 1 atom stereocenters. The van der Waals surface area contributed by atoms with E-state index in [4.69, 9.17) is 9.47 Å². The molecular formula is C8H14O6. The topological polar surface area (TPSA) is 71.1 Å². The molecule has 0 aliphatic carbocycles. The van der Waals surface area contributed by atoms with Gasteiger partial charge in [0.2, 0.25) is 0 Å². The van der Waals surface area contributed by atoms with Gasteiger partial charge >= 0.3 is 11.9 Å². The van der Waals surface area contributed by atoms with Gasteiger partial charge in [-0.05, 0) is 0 Å². The Morgan fingerprint density at radius 1 is 1.14 bits per heavy atom. The zero-order valence-electron chi connectivity index (χ0n) is 8.44. The highest BCUT2D eigenvalue weighted by Crippen LogP contribution is 1.94. The molecular weight excluding hydrogens is 192 g/mol. The first-order valence-electron chi connectivity index (χ1n) is 3.90. The molecule has 14 heavy (non-hydrogen) atoms. The lowest BCUT2D eigenvalue weighted by molar-refractivity contribution is -0.159. The second-order valence-electron chi connectivity index (χ2n) is 2.34. The van der Waals surface area contributed by atoms with Crippen molar-refractivity contribution in [1.82, 2.24) is 0 Å². The van der Waals surface area contributed by atoms with Crippen molar-refractivity contribution in [3.8, 4) is 0 Å². The van der Waals surface area contributed by atoms with Crippen LogP contribution in [0.15, 0.2) is 0 Å². The molecule has 0 bridgehead atoms. The van der Waals surface area contributed by atoms with Crippen LogP contribution >= 0.6 is 0 Å². The Labute approximate surface area is 82.1 Å². The maximum atomic E-state index is 10.9. The summed E-state index contributed by atoms with van der Waals surface area (Å²) in [5.41, 5.74) is 0. The fourth-order valence-corrected chi connectivity index (χ4v) is 0.672. The molecule has 6 heteroatoms. The van der Waals surface area contributed by atoms with Crippen LogP contribution in [0.5, 0.6) is 0 Å². The normalized spacial score (nSPS) is 11.9. The van der Waals surface area contributed by atoms with E-state index in [-0.39, 0.29) is 13.2 Å². The van der Waals surface area contributed by atoms with E-state index in [1.165, 1.54) is 21.3 Å². The van der Waals surface area contributed by atoms with E-state index in [2.05, 4.69) is 9.47 Å². The summed E-state index contributed by atoms with van der Waals surface area (Å²) >= 11 is 0. The molecule has 0 N–H and O–H groups in total. The van der Waals surface area contributed by atoms with Crippen LogP contribution in [0.4, 0.5) is 0 Å². The quantitative estimate of drug-likeness (QED) is 0.538. The van der Waals surface area contributed by atoms with Crippen molar-refractivity contribution < 1.29 is 28.5 Å². The molecule has 0 aliphatic heterocycles. The Kier molecular flexibility index (Phi) is 6.69. The summed E-state index contributed by atoms with van der Waals surface area (Å²) in [5, 5.41) is 0. The third-order valence-corrected chi connectivity index (χ3v) is 1.47. The number of hydrogen-bond acceptors (Lipinski definition) is 6. The molecule has 0 spiro atoms. The van der Waals surface area contributed by atoms with Gasteiger partial charge in [-0.25, -0.2) is 9.59 Å². The number of methoxy groups -OCH3 is 3. The number of hydrogen-bond donors (Lipinski definition) is 0. The fourth-order valence-electron chi connectivity index (χ4n) is 0.672. The van der Waals surface area contributed by atoms with Gasteiger partial charge in [-0.2, -0.15) is 0 Å². The summed E-state index contributed by atoms with van der Waals surface area (Å²) in [6.07, 6.45) is -0.815. The highest BCUT2D eigenvalue weighted by Gasteiger charge is 2.18. The number of ether oxygens (including phenoxy) is 4. The van der Waals surface area contributed by atoms with Crippen molar-refractivity contribution in [3.05, 3.63) is 0 Å². The summed E-state index contributed by atoms with van der Waals surface area (Å²) in [7, 11) is 3.84. The van der Waals surface area contributed by atoms with E-state index in [9.17, 15) is 9.59 Å². The summed E-state index contributed by atoms with van der Waals surface area (Å²) in [6.45, 7) is -0.258. The van der Waals surface area contributed by atoms with Crippen LogP contribution in [0.3, 0.4) is 0 Å². The van der Waals surface area contributed by atoms with E-state index in [1.54, 1.807) is 0 Å². The molecule has 0 aromatic heterocycles. The summed E-state index contributed by atoms with van der Waals surface area (Å²) < 4.78 is 18.4. The SMILES string of the molecule is COC(=O)COCC(OC)C(=O)OC. The first-order valence-corrected chi connectivity index (χ1v) is 3.90. The minimum absolute atomic E-state index is 0.0434. The van der Waals surface area contributed by atoms with Crippen LogP contribution in [0, 0.1) is 0 Å². The molecule has 0 aliphatic rings. The maximum Gasteiger partial charge on any atom is 0.337 e. The van der Waals surface area contributed by atoms with Gasteiger partial charge in [0.1, 0.15) is 6.61 Å². The van der Waals surface area contributed by atoms with Crippen molar-refractivity contribution in [2.75, 3.05) is 34.5 Å². The lowest BCUT2D eigenvalue weighted by Crippen LogP contribution is -2.30. The zero-order valence-corrected chi connectivity index (χ0v) is 8.44. The average molecular weight is 206 g/mol. The van der Waals surface area contributed by atoms with Crippen LogP contribution in [-0.4, -0.2) is 52.6 Å². The van der Waals surface area contributed by atoms with Gasteiger partial charge < -0.3 is 18.9 Å². The number of rotatable bonds is 6. The van der Waals surface area contributed by atoms with E-state index in [0.717, 1.165) is 0 Å². The Morgan fingerprint density at radius 3 is 2.21 bits per heavy atom. The maximum absolute atomic E-state index is 10.9. The molecule has 0 saturated heterocycles. The van der Waals surface area contributed by atoms with Gasteiger partial charge in [0, 0.05) is 7.11 Å². The number of carbonyl (C=O) groups is 2. The second kappa shape index (κ2) is 7.28. The average Bonchev–Trinajstić information content (AvgIpc) is 2.22. The Morgan fingerprint density at radius 2 is 1.79 bits per heavy atom. The summed E-state index contributed by atoms with van der Waals surface area (Å²) in [4.78, 5) is 21.6. The highest BCUT2D eigenvalue weighted by atomic mass is 16.6. The van der Waals surface area contributed by atoms with Crippen LogP contribution in [0.2, 0.25) is 0 Å². The summed E-state index contributed by atoms with van der Waals surface area (Å²) in [5.74, 6) is -1.05. The van der Waals surface area contributed by atoms with Crippen molar-refractivity contribution in [2.24, 2.45) is 0 Å². The minimum Gasteiger partial charge on any atom is -0.467 e. The molecule has 82 valence electrons. The van der Waals surface area contributed by atoms with E-state index < -0.39 is 18.0 Å². The van der Waals surface area contributed by atoms with Gasteiger partial charge in [-0.15, -0.1) is 0 Å². The number of carbonyl (C=O) groups excluding carboxylic acids is 2. The highest BCUT2D eigenvalue weighted by molar-refractivity contribution is 5.74. The third-order valence-electron chi connectivity index (χ3n) is 1.47. The van der Waals surface area contributed by atoms with Crippen LogP contribution in [0.25, 0.3) is 0 Å². The van der Waals surface area contributed by atoms with E-state index in [1.807, 2.05) is 0 Å². The lowest BCUT2D eigenvalue weighted by Gasteiger charge is -2.12. The lowest BCUT2D eigenvalue weighted by atomic mass is 10.4. The second-order valence-corrected chi connectivity index (χ2v) is 2.34. The Bertz CT molecular complexity index is 190. The molecule has 0 aromatic carbocycles. The van der Waals surface area contributed by atoms with Crippen molar-refractivity contribution >= 4 is 11.9 Å². The third kappa shape index (κ3) is 4.78. The fraction of sp³-hybridized carbons (Fsp3) is 0.750. The number of esters is 2. The molecule has 1 unspecified atom stereocenters. The van der Waals surface area contributed by atoms with Gasteiger partial charge in [-0.3, -0.25) is 0 Å². The smallest absolute Gasteiger partial charge is 0.337 e. The first kappa shape index (κ1) is 12.9. The van der Waals surface area contributed by atoms with E-state index in [0.29, 0.717) is 0 Å². The monoisotopic (exact) mass is 206 g/mol. The van der Waals surface area contributed by atoms with Gasteiger partial charge in [0.25, 0.3) is 0 Å². The molecule has 0 aromatic rings. The molecule has 0 radical (unpaired) electrons.